The zero-order valence-corrected chi connectivity index (χ0v) is 16.3. The number of esters is 1. The molecule has 1 saturated heterocycles. The van der Waals surface area contributed by atoms with Crippen LogP contribution in [0.1, 0.15) is 51.0 Å². The van der Waals surface area contributed by atoms with Crippen LogP contribution >= 0.6 is 0 Å². The molecule has 28 heavy (non-hydrogen) atoms. The quantitative estimate of drug-likeness (QED) is 0.599. The van der Waals surface area contributed by atoms with Gasteiger partial charge in [0, 0.05) is 5.69 Å². The number of hydrogen-bond donors (Lipinski definition) is 1. The van der Waals surface area contributed by atoms with Crippen LogP contribution in [0.5, 0.6) is 0 Å². The number of benzene rings is 1. The lowest BCUT2D eigenvalue weighted by Crippen LogP contribution is -2.37. The van der Waals surface area contributed by atoms with Crippen LogP contribution in [0.2, 0.25) is 0 Å². The summed E-state index contributed by atoms with van der Waals surface area (Å²) >= 11 is 0. The molecule has 1 aromatic rings. The Hall–Kier alpha value is -2.70. The molecule has 0 bridgehead atoms. The van der Waals surface area contributed by atoms with Gasteiger partial charge in [-0.1, -0.05) is 38.8 Å². The molecule has 0 spiro atoms. The fraction of sp³-hybridized carbons (Fsp3) is 0.524. The normalized spacial score (nSPS) is 21.6. The molecule has 1 heterocycles. The van der Waals surface area contributed by atoms with Crippen molar-refractivity contribution >= 4 is 29.4 Å². The van der Waals surface area contributed by atoms with Gasteiger partial charge >= 0.3 is 5.97 Å². The first-order chi connectivity index (χ1) is 13.4. The molecule has 1 saturated carbocycles. The molecule has 2 fully saturated rings. The van der Waals surface area contributed by atoms with Crippen molar-refractivity contribution in [3.63, 3.8) is 0 Å². The molecule has 7 nitrogen and oxygen atoms in total. The Morgan fingerprint density at radius 2 is 1.64 bits per heavy atom. The average molecular weight is 386 g/mol. The van der Waals surface area contributed by atoms with E-state index in [9.17, 15) is 19.2 Å². The van der Waals surface area contributed by atoms with Crippen molar-refractivity contribution in [1.29, 1.82) is 0 Å². The Labute approximate surface area is 164 Å². The van der Waals surface area contributed by atoms with Crippen molar-refractivity contribution < 1.29 is 23.9 Å². The van der Waals surface area contributed by atoms with Crippen molar-refractivity contribution in [2.75, 3.05) is 18.5 Å². The highest BCUT2D eigenvalue weighted by Crippen LogP contribution is 2.37. The molecule has 3 amide bonds. The van der Waals surface area contributed by atoms with Gasteiger partial charge in [0.2, 0.25) is 11.8 Å². The zero-order chi connectivity index (χ0) is 20.3. The largest absolute Gasteiger partial charge is 0.454 e. The van der Waals surface area contributed by atoms with E-state index in [1.807, 2.05) is 12.1 Å². The van der Waals surface area contributed by atoms with Gasteiger partial charge in [0.25, 0.3) is 5.91 Å². The summed E-state index contributed by atoms with van der Waals surface area (Å²) in [6.45, 7) is 3.27. The Kier molecular flexibility index (Phi) is 6.11. The van der Waals surface area contributed by atoms with E-state index in [1.54, 1.807) is 12.1 Å². The molecule has 3 rings (SSSR count). The summed E-state index contributed by atoms with van der Waals surface area (Å²) in [6, 6.07) is 7.43. The maximum Gasteiger partial charge on any atom is 0.326 e. The molecular weight excluding hydrogens is 360 g/mol. The van der Waals surface area contributed by atoms with Crippen LogP contribution in [-0.2, 0) is 23.9 Å². The van der Waals surface area contributed by atoms with E-state index in [-0.39, 0.29) is 23.7 Å². The number of amides is 3. The topological polar surface area (TPSA) is 92.8 Å². The van der Waals surface area contributed by atoms with E-state index in [0.29, 0.717) is 24.4 Å². The Morgan fingerprint density at radius 3 is 2.18 bits per heavy atom. The minimum atomic E-state index is -0.759. The van der Waals surface area contributed by atoms with Crippen LogP contribution in [0.15, 0.2) is 24.3 Å². The number of hydrogen-bond acceptors (Lipinski definition) is 5. The van der Waals surface area contributed by atoms with Gasteiger partial charge in [-0.2, -0.15) is 0 Å². The summed E-state index contributed by atoms with van der Waals surface area (Å²) in [7, 11) is 0. The molecule has 2 aliphatic rings. The molecular formula is C21H26N2O5. The lowest BCUT2D eigenvalue weighted by molar-refractivity contribution is -0.154. The molecule has 150 valence electrons. The SMILES string of the molecule is CC(C)c1ccc(NC(=O)COC(=O)CN2C(=O)[C@H]3CCCC[C@@H]3C2=O)cc1. The van der Waals surface area contributed by atoms with E-state index in [0.717, 1.165) is 23.3 Å². The molecule has 0 aromatic heterocycles. The molecule has 1 aliphatic carbocycles. The number of likely N-dealkylation sites (tertiary alicyclic amines) is 1. The molecule has 1 aromatic carbocycles. The molecule has 1 aliphatic heterocycles. The summed E-state index contributed by atoms with van der Waals surface area (Å²) in [5.41, 5.74) is 1.77. The van der Waals surface area contributed by atoms with Gasteiger partial charge in [0.15, 0.2) is 6.61 Å². The van der Waals surface area contributed by atoms with Crippen LogP contribution in [-0.4, -0.2) is 41.7 Å². The lowest BCUT2D eigenvalue weighted by Gasteiger charge is -2.19. The second-order valence-corrected chi connectivity index (χ2v) is 7.75. The van der Waals surface area contributed by atoms with Gasteiger partial charge in [0.05, 0.1) is 11.8 Å². The number of carbonyl (C=O) groups is 4. The second-order valence-electron chi connectivity index (χ2n) is 7.75. The van der Waals surface area contributed by atoms with Crippen LogP contribution < -0.4 is 5.32 Å². The predicted octanol–water partition coefficient (Wildman–Crippen LogP) is 2.47. The fourth-order valence-corrected chi connectivity index (χ4v) is 3.86. The molecule has 7 heteroatoms. The van der Waals surface area contributed by atoms with Crippen molar-refractivity contribution in [2.24, 2.45) is 11.8 Å². The monoisotopic (exact) mass is 386 g/mol. The predicted molar refractivity (Wildman–Crippen MR) is 102 cm³/mol. The number of anilines is 1. The number of rotatable bonds is 6. The van der Waals surface area contributed by atoms with E-state index >= 15 is 0 Å². The van der Waals surface area contributed by atoms with Gasteiger partial charge in [0.1, 0.15) is 6.54 Å². The van der Waals surface area contributed by atoms with Crippen molar-refractivity contribution in [1.82, 2.24) is 4.90 Å². The Bertz CT molecular complexity index is 748. The second kappa shape index (κ2) is 8.54. The third-order valence-corrected chi connectivity index (χ3v) is 5.44. The first kappa shape index (κ1) is 20.0. The molecule has 2 atom stereocenters. The van der Waals surface area contributed by atoms with E-state index in [1.165, 1.54) is 0 Å². The van der Waals surface area contributed by atoms with Gasteiger partial charge < -0.3 is 10.1 Å². The van der Waals surface area contributed by atoms with Crippen LogP contribution in [0.4, 0.5) is 5.69 Å². The first-order valence-electron chi connectivity index (χ1n) is 9.77. The maximum absolute atomic E-state index is 12.4. The van der Waals surface area contributed by atoms with Gasteiger partial charge in [-0.3, -0.25) is 24.1 Å². The fourth-order valence-electron chi connectivity index (χ4n) is 3.86. The van der Waals surface area contributed by atoms with Gasteiger partial charge in [-0.25, -0.2) is 0 Å². The summed E-state index contributed by atoms with van der Waals surface area (Å²) in [5.74, 6) is -2.02. The number of ether oxygens (including phenoxy) is 1. The van der Waals surface area contributed by atoms with Crippen LogP contribution in [0.3, 0.4) is 0 Å². The number of fused-ring (bicyclic) bond motifs is 1. The van der Waals surface area contributed by atoms with E-state index < -0.39 is 25.0 Å². The van der Waals surface area contributed by atoms with E-state index in [2.05, 4.69) is 19.2 Å². The summed E-state index contributed by atoms with van der Waals surface area (Å²) in [6.07, 6.45) is 3.24. The standard InChI is InChI=1S/C21H26N2O5/c1-13(2)14-7-9-15(10-8-14)22-18(24)12-28-19(25)11-23-20(26)16-5-3-4-6-17(16)21(23)27/h7-10,13,16-17H,3-6,11-12H2,1-2H3,(H,22,24)/t16-,17-/m0/s1. The smallest absolute Gasteiger partial charge is 0.326 e. The van der Waals surface area contributed by atoms with Crippen molar-refractivity contribution in [3.8, 4) is 0 Å². The minimum Gasteiger partial charge on any atom is -0.454 e. The van der Waals surface area contributed by atoms with Crippen LogP contribution in [0, 0.1) is 11.8 Å². The number of imide groups is 1. The highest BCUT2D eigenvalue weighted by molar-refractivity contribution is 6.07. The third-order valence-electron chi connectivity index (χ3n) is 5.44. The maximum atomic E-state index is 12.4. The average Bonchev–Trinajstić information content (AvgIpc) is 2.92. The van der Waals surface area contributed by atoms with Crippen molar-refractivity contribution in [3.05, 3.63) is 29.8 Å². The van der Waals surface area contributed by atoms with Gasteiger partial charge in [-0.15, -0.1) is 0 Å². The van der Waals surface area contributed by atoms with Crippen LogP contribution in [0.25, 0.3) is 0 Å². The summed E-state index contributed by atoms with van der Waals surface area (Å²) < 4.78 is 4.95. The van der Waals surface area contributed by atoms with Crippen molar-refractivity contribution in [2.45, 2.75) is 45.4 Å². The Morgan fingerprint density at radius 1 is 1.07 bits per heavy atom. The highest BCUT2D eigenvalue weighted by Gasteiger charge is 2.48. The molecule has 1 N–H and O–H groups in total. The Balaban J connectivity index is 1.47. The molecule has 0 unspecified atom stereocenters. The van der Waals surface area contributed by atoms with E-state index in [4.69, 9.17) is 4.74 Å². The van der Waals surface area contributed by atoms with Gasteiger partial charge in [-0.05, 0) is 36.5 Å². The molecule has 0 radical (unpaired) electrons. The number of nitrogens with zero attached hydrogens (tertiary/aromatic N) is 1. The third kappa shape index (κ3) is 4.40. The zero-order valence-electron chi connectivity index (χ0n) is 16.3. The summed E-state index contributed by atoms with van der Waals surface area (Å²) in [5, 5.41) is 2.65. The number of carbonyl (C=O) groups excluding carboxylic acids is 4. The summed E-state index contributed by atoms with van der Waals surface area (Å²) in [4.78, 5) is 49.7. The number of nitrogens with one attached hydrogen (secondary N) is 1. The minimum absolute atomic E-state index is 0.290. The first-order valence-corrected chi connectivity index (χ1v) is 9.77. The lowest BCUT2D eigenvalue weighted by atomic mass is 9.81. The highest BCUT2D eigenvalue weighted by atomic mass is 16.5.